The highest BCUT2D eigenvalue weighted by Crippen LogP contribution is 2.07. The Labute approximate surface area is 99.9 Å². The first-order valence-electron chi connectivity index (χ1n) is 6.83. The maximum atomic E-state index is 2.27. The van der Waals surface area contributed by atoms with E-state index in [0.717, 1.165) is 0 Å². The molecule has 0 heteroatoms. The van der Waals surface area contributed by atoms with E-state index in [0.29, 0.717) is 0 Å². The van der Waals surface area contributed by atoms with Crippen LogP contribution >= 0.6 is 0 Å². The third kappa shape index (κ3) is 31.5. The predicted molar refractivity (Wildman–Crippen MR) is 75.6 cm³/mol. The van der Waals surface area contributed by atoms with Gasteiger partial charge in [-0.2, -0.15) is 0 Å². The highest BCUT2D eigenvalue weighted by molar-refractivity contribution is 4.43. The van der Waals surface area contributed by atoms with Crippen LogP contribution in [0.1, 0.15) is 99.3 Å². The van der Waals surface area contributed by atoms with E-state index in [1.165, 1.54) is 64.2 Å². The molecule has 15 heavy (non-hydrogen) atoms. The van der Waals surface area contributed by atoms with E-state index in [4.69, 9.17) is 0 Å². The average molecular weight is 216 g/mol. The second-order valence-electron chi connectivity index (χ2n) is 4.12. The smallest absolute Gasteiger partial charge is 0.0533 e. The molecule has 0 unspecified atom stereocenters. The summed E-state index contributed by atoms with van der Waals surface area (Å²) in [5, 5.41) is 0. The molecule has 0 aromatic heterocycles. The Morgan fingerprint density at radius 3 is 0.867 bits per heavy atom. The molecule has 0 amide bonds. The number of hydrogen-bond donors (Lipinski definition) is 0. The lowest BCUT2D eigenvalue weighted by Crippen LogP contribution is -1.77. The van der Waals surface area contributed by atoms with Gasteiger partial charge in [-0.1, -0.05) is 99.3 Å². The normalized spacial score (nSPS) is 8.80. The first-order chi connectivity index (χ1) is 6.83. The lowest BCUT2D eigenvalue weighted by atomic mass is 10.1. The van der Waals surface area contributed by atoms with Gasteiger partial charge in [-0.3, -0.25) is 0 Å². The van der Waals surface area contributed by atoms with Gasteiger partial charge in [-0.05, 0) is 0 Å². The van der Waals surface area contributed by atoms with Crippen LogP contribution in [0.3, 0.4) is 0 Å². The van der Waals surface area contributed by atoms with Gasteiger partial charge >= 0.3 is 0 Å². The van der Waals surface area contributed by atoms with E-state index in [9.17, 15) is 0 Å². The fourth-order valence-corrected chi connectivity index (χ4v) is 1.21. The van der Waals surface area contributed by atoms with Gasteiger partial charge in [-0.15, -0.1) is 0 Å². The van der Waals surface area contributed by atoms with Crippen LogP contribution in [-0.4, -0.2) is 0 Å². The fraction of sp³-hybridized carbons (Fsp3) is 1.00. The summed E-state index contributed by atoms with van der Waals surface area (Å²) < 4.78 is 0. The zero-order chi connectivity index (χ0) is 11.1. The first kappa shape index (κ1) is 20.4. The van der Waals surface area contributed by atoms with Gasteiger partial charge in [0.05, 0.1) is 0 Å². The molecule has 0 N–H and O–H groups in total. The monoisotopic (exact) mass is 216 g/mol. The zero-order valence-electron chi connectivity index (χ0n) is 11.1. The van der Waals surface area contributed by atoms with Gasteiger partial charge in [0.25, 0.3) is 0 Å². The second kappa shape index (κ2) is 23.7. The van der Waals surface area contributed by atoms with Gasteiger partial charge in [0, 0.05) is 0 Å². The van der Waals surface area contributed by atoms with Crippen LogP contribution in [0.2, 0.25) is 0 Å². The van der Waals surface area contributed by atoms with Crippen molar-refractivity contribution >= 4 is 0 Å². The van der Waals surface area contributed by atoms with Crippen molar-refractivity contribution in [2.45, 2.75) is 99.3 Å². The van der Waals surface area contributed by atoms with Gasteiger partial charge in [-0.25, -0.2) is 0 Å². The molecule has 0 spiro atoms. The average Bonchev–Trinajstić information content (AvgIpc) is 2.24. The first-order valence-corrected chi connectivity index (χ1v) is 6.83. The van der Waals surface area contributed by atoms with Crippen molar-refractivity contribution in [2.24, 2.45) is 0 Å². The van der Waals surface area contributed by atoms with Gasteiger partial charge < -0.3 is 0 Å². The SMILES string of the molecule is C.CCCC.CCCCCCCCCC. The van der Waals surface area contributed by atoms with Crippen molar-refractivity contribution in [1.29, 1.82) is 0 Å². The molecular formula is C15H36. The van der Waals surface area contributed by atoms with Crippen LogP contribution in [0.5, 0.6) is 0 Å². The molecule has 96 valence electrons. The summed E-state index contributed by atoms with van der Waals surface area (Å²) >= 11 is 0. The van der Waals surface area contributed by atoms with Gasteiger partial charge in [0.2, 0.25) is 0 Å². The molecule has 0 nitrogen and oxygen atoms in total. The number of rotatable bonds is 8. The molecule has 0 aromatic rings. The van der Waals surface area contributed by atoms with Crippen LogP contribution in [0.25, 0.3) is 0 Å². The summed E-state index contributed by atoms with van der Waals surface area (Å²) in [6.45, 7) is 8.90. The third-order valence-corrected chi connectivity index (χ3v) is 2.46. The van der Waals surface area contributed by atoms with Crippen molar-refractivity contribution in [3.8, 4) is 0 Å². The Hall–Kier alpha value is 0. The Kier molecular flexibility index (Phi) is 32.2. The van der Waals surface area contributed by atoms with E-state index in [1.54, 1.807) is 0 Å². The van der Waals surface area contributed by atoms with Crippen molar-refractivity contribution in [1.82, 2.24) is 0 Å². The van der Waals surface area contributed by atoms with Crippen molar-refractivity contribution in [2.75, 3.05) is 0 Å². The van der Waals surface area contributed by atoms with Crippen LogP contribution in [-0.2, 0) is 0 Å². The minimum Gasteiger partial charge on any atom is -0.0776 e. The fourth-order valence-electron chi connectivity index (χ4n) is 1.21. The van der Waals surface area contributed by atoms with Crippen molar-refractivity contribution in [3.63, 3.8) is 0 Å². The summed E-state index contributed by atoms with van der Waals surface area (Å²) in [5.74, 6) is 0. The molecule has 0 aromatic carbocycles. The Balaban J connectivity index is -0.000000249. The van der Waals surface area contributed by atoms with Crippen LogP contribution in [0.15, 0.2) is 0 Å². The van der Waals surface area contributed by atoms with Crippen molar-refractivity contribution in [3.05, 3.63) is 0 Å². The molecule has 0 aliphatic heterocycles. The largest absolute Gasteiger partial charge is 0.0776 e. The molecule has 0 aliphatic carbocycles. The highest BCUT2D eigenvalue weighted by Gasteiger charge is 1.87. The second-order valence-corrected chi connectivity index (χ2v) is 4.12. The summed E-state index contributed by atoms with van der Waals surface area (Å²) in [7, 11) is 0. The Morgan fingerprint density at radius 1 is 0.400 bits per heavy atom. The molecule has 0 saturated heterocycles. The van der Waals surface area contributed by atoms with Crippen LogP contribution in [0.4, 0.5) is 0 Å². The van der Waals surface area contributed by atoms with Gasteiger partial charge in [0.1, 0.15) is 0 Å². The molecule has 0 rings (SSSR count). The molecule has 0 heterocycles. The van der Waals surface area contributed by atoms with E-state index in [1.807, 2.05) is 0 Å². The molecule has 0 radical (unpaired) electrons. The van der Waals surface area contributed by atoms with E-state index < -0.39 is 0 Å². The molecule has 0 bridgehead atoms. The minimum atomic E-state index is 0. The molecular weight excluding hydrogens is 180 g/mol. The number of unbranched alkanes of at least 4 members (excludes halogenated alkanes) is 8. The third-order valence-electron chi connectivity index (χ3n) is 2.46. The summed E-state index contributed by atoms with van der Waals surface area (Å²) in [4.78, 5) is 0. The van der Waals surface area contributed by atoms with E-state index in [2.05, 4.69) is 27.7 Å². The standard InChI is InChI=1S/C10H22.C4H10.CH4/c1-3-5-7-9-10-8-6-4-2;1-3-4-2;/h3-10H2,1-2H3;3-4H2,1-2H3;1H4. The highest BCUT2D eigenvalue weighted by atomic mass is 13.9. The minimum absolute atomic E-state index is 0. The topological polar surface area (TPSA) is 0 Å². The number of hydrogen-bond acceptors (Lipinski definition) is 0. The molecule has 0 fully saturated rings. The summed E-state index contributed by atoms with van der Waals surface area (Å²) in [6, 6.07) is 0. The lowest BCUT2D eigenvalue weighted by molar-refractivity contribution is 0.585. The van der Waals surface area contributed by atoms with Crippen LogP contribution in [0, 0.1) is 0 Å². The Bertz CT molecular complexity index is 56.4. The summed E-state index contributed by atoms with van der Waals surface area (Å²) in [5.41, 5.74) is 0. The maximum Gasteiger partial charge on any atom is -0.0533 e. The van der Waals surface area contributed by atoms with Crippen LogP contribution < -0.4 is 0 Å². The molecule has 0 saturated carbocycles. The lowest BCUT2D eigenvalue weighted by Gasteiger charge is -1.97. The Morgan fingerprint density at radius 2 is 0.667 bits per heavy atom. The van der Waals surface area contributed by atoms with Crippen molar-refractivity contribution < 1.29 is 0 Å². The van der Waals surface area contributed by atoms with E-state index >= 15 is 0 Å². The van der Waals surface area contributed by atoms with E-state index in [-0.39, 0.29) is 7.43 Å². The summed E-state index contributed by atoms with van der Waals surface area (Å²) in [6.07, 6.45) is 14.1. The van der Waals surface area contributed by atoms with Gasteiger partial charge in [0.15, 0.2) is 0 Å². The molecule has 0 atom stereocenters. The zero-order valence-corrected chi connectivity index (χ0v) is 11.1. The quantitative estimate of drug-likeness (QED) is 0.401. The molecule has 0 aliphatic rings. The predicted octanol–water partition coefficient (Wildman–Crippen LogP) is 6.59. The maximum absolute atomic E-state index is 2.27.